The Morgan fingerprint density at radius 1 is 1.29 bits per heavy atom. The lowest BCUT2D eigenvalue weighted by Crippen LogP contribution is -2.39. The van der Waals surface area contributed by atoms with Crippen molar-refractivity contribution in [3.05, 3.63) is 0 Å². The minimum absolute atomic E-state index is 0.136. The van der Waals surface area contributed by atoms with E-state index in [2.05, 4.69) is 0 Å². The Morgan fingerprint density at radius 2 is 1.86 bits per heavy atom. The third-order valence-electron chi connectivity index (χ3n) is 2.24. The number of ether oxygens (including phenoxy) is 2. The largest absolute Gasteiger partial charge is 0.463 e. The molecule has 5 nitrogen and oxygen atoms in total. The van der Waals surface area contributed by atoms with Crippen molar-refractivity contribution in [1.29, 1.82) is 0 Å². The Hall–Kier alpha value is -0.650. The van der Waals surface area contributed by atoms with Crippen LogP contribution in [0, 0.1) is 5.41 Å². The predicted octanol–water partition coefficient (Wildman–Crippen LogP) is -0.443. The van der Waals surface area contributed by atoms with Gasteiger partial charge in [-0.3, -0.25) is 4.79 Å². The molecule has 14 heavy (non-hydrogen) atoms. The highest BCUT2D eigenvalue weighted by Gasteiger charge is 2.37. The molecule has 0 radical (unpaired) electrons. The number of esters is 1. The zero-order chi connectivity index (χ0) is 11.0. The minimum Gasteiger partial charge on any atom is -0.463 e. The Morgan fingerprint density at radius 3 is 2.21 bits per heavy atom. The van der Waals surface area contributed by atoms with Gasteiger partial charge >= 0.3 is 5.97 Å². The van der Waals surface area contributed by atoms with E-state index in [0.717, 1.165) is 0 Å². The predicted molar refractivity (Wildman–Crippen MR) is 49.7 cm³/mol. The summed E-state index contributed by atoms with van der Waals surface area (Å²) in [6.45, 7) is 1.33. The first kappa shape index (κ1) is 13.4. The molecule has 0 aromatic heterocycles. The van der Waals surface area contributed by atoms with Crippen LogP contribution in [0.4, 0.5) is 0 Å². The summed E-state index contributed by atoms with van der Waals surface area (Å²) in [5, 5.41) is 18.0. The second-order valence-electron chi connectivity index (χ2n) is 3.08. The zero-order valence-electron chi connectivity index (χ0n) is 8.65. The van der Waals surface area contributed by atoms with Crippen LogP contribution < -0.4 is 0 Å². The topological polar surface area (TPSA) is 76.0 Å². The van der Waals surface area contributed by atoms with Crippen molar-refractivity contribution in [2.45, 2.75) is 13.3 Å². The first-order chi connectivity index (χ1) is 6.66. The molecule has 0 bridgehead atoms. The lowest BCUT2D eigenvalue weighted by Gasteiger charge is -2.25. The maximum Gasteiger partial charge on any atom is 0.316 e. The maximum atomic E-state index is 11.4. The molecule has 0 amide bonds. The van der Waals surface area contributed by atoms with Gasteiger partial charge in [0, 0.05) is 7.11 Å². The lowest BCUT2D eigenvalue weighted by atomic mass is 9.87. The summed E-state index contributed by atoms with van der Waals surface area (Å²) in [7, 11) is 1.50. The van der Waals surface area contributed by atoms with Gasteiger partial charge in [-0.15, -0.1) is 0 Å². The summed E-state index contributed by atoms with van der Waals surface area (Å²) in [6.07, 6.45) is 0.339. The van der Waals surface area contributed by atoms with E-state index in [9.17, 15) is 4.79 Å². The van der Waals surface area contributed by atoms with E-state index in [1.54, 1.807) is 6.92 Å². The standard InChI is InChI=1S/C9H18O5/c1-3-9(6-10,7-11)8(12)14-5-4-13-2/h10-11H,3-7H2,1-2H3. The van der Waals surface area contributed by atoms with Crippen molar-refractivity contribution in [2.24, 2.45) is 5.41 Å². The van der Waals surface area contributed by atoms with E-state index in [0.29, 0.717) is 13.0 Å². The fourth-order valence-electron chi connectivity index (χ4n) is 0.918. The average molecular weight is 206 g/mol. The van der Waals surface area contributed by atoms with E-state index in [1.807, 2.05) is 0 Å². The quantitative estimate of drug-likeness (QED) is 0.436. The van der Waals surface area contributed by atoms with Gasteiger partial charge in [-0.05, 0) is 6.42 Å². The van der Waals surface area contributed by atoms with Gasteiger partial charge in [-0.25, -0.2) is 0 Å². The SMILES string of the molecule is CCC(CO)(CO)C(=O)OCCOC. The molecule has 5 heteroatoms. The summed E-state index contributed by atoms with van der Waals surface area (Å²) >= 11 is 0. The van der Waals surface area contributed by atoms with E-state index < -0.39 is 24.6 Å². The van der Waals surface area contributed by atoms with Crippen LogP contribution in [-0.4, -0.2) is 49.7 Å². The van der Waals surface area contributed by atoms with Crippen molar-refractivity contribution in [3.63, 3.8) is 0 Å². The van der Waals surface area contributed by atoms with Gasteiger partial charge in [0.05, 0.1) is 19.8 Å². The number of aliphatic hydroxyl groups is 2. The summed E-state index contributed by atoms with van der Waals surface area (Å²) in [6, 6.07) is 0. The smallest absolute Gasteiger partial charge is 0.316 e. The molecule has 0 heterocycles. The van der Waals surface area contributed by atoms with Crippen LogP contribution in [0.5, 0.6) is 0 Å². The van der Waals surface area contributed by atoms with E-state index in [1.165, 1.54) is 7.11 Å². The monoisotopic (exact) mass is 206 g/mol. The molecule has 0 aromatic carbocycles. The average Bonchev–Trinajstić information content (AvgIpc) is 2.22. The van der Waals surface area contributed by atoms with Gasteiger partial charge in [0.15, 0.2) is 0 Å². The van der Waals surface area contributed by atoms with Crippen molar-refractivity contribution >= 4 is 5.97 Å². The second-order valence-corrected chi connectivity index (χ2v) is 3.08. The molecule has 0 aliphatic rings. The van der Waals surface area contributed by atoms with E-state index >= 15 is 0 Å². The molecule has 0 aromatic rings. The van der Waals surface area contributed by atoms with Crippen LogP contribution in [0.3, 0.4) is 0 Å². The maximum absolute atomic E-state index is 11.4. The number of carbonyl (C=O) groups excluding carboxylic acids is 1. The van der Waals surface area contributed by atoms with E-state index in [-0.39, 0.29) is 6.61 Å². The Bertz CT molecular complexity index is 156. The van der Waals surface area contributed by atoms with Crippen molar-refractivity contribution in [3.8, 4) is 0 Å². The molecule has 0 aliphatic heterocycles. The third kappa shape index (κ3) is 3.25. The lowest BCUT2D eigenvalue weighted by molar-refractivity contribution is -0.163. The number of hydrogen-bond acceptors (Lipinski definition) is 5. The Balaban J connectivity index is 4.15. The first-order valence-electron chi connectivity index (χ1n) is 4.54. The van der Waals surface area contributed by atoms with Crippen LogP contribution in [0.15, 0.2) is 0 Å². The van der Waals surface area contributed by atoms with Crippen LogP contribution in [0.1, 0.15) is 13.3 Å². The number of hydrogen-bond donors (Lipinski definition) is 2. The Labute approximate surface area is 83.6 Å². The summed E-state index contributed by atoms with van der Waals surface area (Å²) in [4.78, 5) is 11.4. The van der Waals surface area contributed by atoms with Crippen molar-refractivity contribution < 1.29 is 24.5 Å². The van der Waals surface area contributed by atoms with Gasteiger partial charge in [0.2, 0.25) is 0 Å². The van der Waals surface area contributed by atoms with Crippen molar-refractivity contribution in [2.75, 3.05) is 33.5 Å². The fourth-order valence-corrected chi connectivity index (χ4v) is 0.918. The normalized spacial score (nSPS) is 11.4. The highest BCUT2D eigenvalue weighted by atomic mass is 16.6. The number of rotatable bonds is 7. The molecule has 0 saturated carbocycles. The molecule has 84 valence electrons. The van der Waals surface area contributed by atoms with Crippen LogP contribution in [0.25, 0.3) is 0 Å². The molecule has 0 spiro atoms. The van der Waals surface area contributed by atoms with Crippen LogP contribution in [-0.2, 0) is 14.3 Å². The number of methoxy groups -OCH3 is 1. The number of aliphatic hydroxyl groups excluding tert-OH is 2. The van der Waals surface area contributed by atoms with Gasteiger partial charge in [0.1, 0.15) is 12.0 Å². The third-order valence-corrected chi connectivity index (χ3v) is 2.24. The molecule has 0 unspecified atom stereocenters. The van der Waals surface area contributed by atoms with E-state index in [4.69, 9.17) is 19.7 Å². The van der Waals surface area contributed by atoms with Gasteiger partial charge in [-0.1, -0.05) is 6.92 Å². The number of carbonyl (C=O) groups is 1. The molecule has 2 N–H and O–H groups in total. The fraction of sp³-hybridized carbons (Fsp3) is 0.889. The molecule has 0 aliphatic carbocycles. The molecule has 0 rings (SSSR count). The highest BCUT2D eigenvalue weighted by molar-refractivity contribution is 5.77. The zero-order valence-corrected chi connectivity index (χ0v) is 8.65. The summed E-state index contributed by atoms with van der Waals surface area (Å²) < 4.78 is 9.54. The van der Waals surface area contributed by atoms with Crippen LogP contribution >= 0.6 is 0 Å². The molecular weight excluding hydrogens is 188 g/mol. The van der Waals surface area contributed by atoms with Gasteiger partial charge < -0.3 is 19.7 Å². The molecule has 0 atom stereocenters. The molecule has 0 fully saturated rings. The van der Waals surface area contributed by atoms with Crippen molar-refractivity contribution in [1.82, 2.24) is 0 Å². The summed E-state index contributed by atoms with van der Waals surface area (Å²) in [5.74, 6) is -0.581. The van der Waals surface area contributed by atoms with Gasteiger partial charge in [-0.2, -0.15) is 0 Å². The first-order valence-corrected chi connectivity index (χ1v) is 4.54. The van der Waals surface area contributed by atoms with Gasteiger partial charge in [0.25, 0.3) is 0 Å². The second kappa shape index (κ2) is 6.75. The molecular formula is C9H18O5. The Kier molecular flexibility index (Phi) is 6.44. The minimum atomic E-state index is -1.17. The summed E-state index contributed by atoms with van der Waals surface area (Å²) in [5.41, 5.74) is -1.17. The van der Waals surface area contributed by atoms with Crippen LogP contribution in [0.2, 0.25) is 0 Å². The highest BCUT2D eigenvalue weighted by Crippen LogP contribution is 2.22. The molecule has 0 saturated heterocycles.